The van der Waals surface area contributed by atoms with Crippen molar-refractivity contribution in [2.75, 3.05) is 23.8 Å². The molecule has 2 N–H and O–H groups in total. The van der Waals surface area contributed by atoms with Crippen LogP contribution in [0.1, 0.15) is 26.3 Å². The Bertz CT molecular complexity index is 1300. The zero-order chi connectivity index (χ0) is 24.5. The lowest BCUT2D eigenvalue weighted by molar-refractivity contribution is 0.101. The van der Waals surface area contributed by atoms with E-state index < -0.39 is 0 Å². The molecular weight excluding hydrogens is 440 g/mol. The van der Waals surface area contributed by atoms with Crippen molar-refractivity contribution >= 4 is 23.2 Å². The predicted molar refractivity (Wildman–Crippen MR) is 137 cm³/mol. The summed E-state index contributed by atoms with van der Waals surface area (Å²) in [6.07, 6.45) is 0. The maximum Gasteiger partial charge on any atom is 0.255 e. The van der Waals surface area contributed by atoms with Gasteiger partial charge in [-0.15, -0.1) is 0 Å². The van der Waals surface area contributed by atoms with Crippen LogP contribution in [0.4, 0.5) is 11.4 Å². The van der Waals surface area contributed by atoms with Crippen LogP contribution in [0.2, 0.25) is 0 Å². The molecule has 0 aromatic heterocycles. The molecule has 0 saturated heterocycles. The highest BCUT2D eigenvalue weighted by Crippen LogP contribution is 2.18. The third-order valence-electron chi connectivity index (χ3n) is 5.12. The second-order valence-corrected chi connectivity index (χ2v) is 7.90. The molecule has 0 aliphatic rings. The average molecular weight is 467 g/mol. The van der Waals surface area contributed by atoms with Gasteiger partial charge in [0, 0.05) is 22.5 Å². The predicted octanol–water partition coefficient (Wildman–Crippen LogP) is 5.96. The molecule has 0 heterocycles. The Kier molecular flexibility index (Phi) is 7.76. The Hall–Kier alpha value is -4.58. The van der Waals surface area contributed by atoms with Crippen molar-refractivity contribution in [3.63, 3.8) is 0 Å². The minimum Gasteiger partial charge on any atom is -0.490 e. The highest BCUT2D eigenvalue weighted by molar-refractivity contribution is 6.07. The van der Waals surface area contributed by atoms with Crippen molar-refractivity contribution in [3.05, 3.63) is 120 Å². The first-order chi connectivity index (χ1) is 17.1. The van der Waals surface area contributed by atoms with E-state index in [2.05, 4.69) is 10.6 Å². The Morgan fingerprint density at radius 3 is 1.83 bits per heavy atom. The summed E-state index contributed by atoms with van der Waals surface area (Å²) >= 11 is 0. The van der Waals surface area contributed by atoms with Crippen molar-refractivity contribution < 1.29 is 19.1 Å². The summed E-state index contributed by atoms with van der Waals surface area (Å²) in [5.41, 5.74) is 3.18. The smallest absolute Gasteiger partial charge is 0.255 e. The Morgan fingerprint density at radius 2 is 1.14 bits per heavy atom. The van der Waals surface area contributed by atoms with Crippen molar-refractivity contribution in [3.8, 4) is 11.5 Å². The van der Waals surface area contributed by atoms with Crippen LogP contribution >= 0.6 is 0 Å². The largest absolute Gasteiger partial charge is 0.490 e. The van der Waals surface area contributed by atoms with E-state index >= 15 is 0 Å². The van der Waals surface area contributed by atoms with Crippen LogP contribution in [0.5, 0.6) is 11.5 Å². The van der Waals surface area contributed by atoms with Gasteiger partial charge in [0.15, 0.2) is 0 Å². The number of hydrogen-bond donors (Lipinski definition) is 2. The van der Waals surface area contributed by atoms with Crippen LogP contribution in [0.15, 0.2) is 103 Å². The average Bonchev–Trinajstić information content (AvgIpc) is 2.87. The van der Waals surface area contributed by atoms with Gasteiger partial charge in [-0.3, -0.25) is 9.59 Å². The van der Waals surface area contributed by atoms with Crippen molar-refractivity contribution in [1.82, 2.24) is 0 Å². The number of aryl methyl sites for hydroxylation is 1. The molecule has 176 valence electrons. The van der Waals surface area contributed by atoms with Crippen molar-refractivity contribution in [2.24, 2.45) is 0 Å². The molecule has 0 atom stereocenters. The number of carbonyl (C=O) groups is 2. The number of anilines is 2. The number of nitrogens with one attached hydrogen (secondary N) is 2. The van der Waals surface area contributed by atoms with Crippen molar-refractivity contribution in [1.29, 1.82) is 0 Å². The molecule has 6 heteroatoms. The van der Waals surface area contributed by atoms with Crippen molar-refractivity contribution in [2.45, 2.75) is 6.92 Å². The minimum absolute atomic E-state index is 0.250. The summed E-state index contributed by atoms with van der Waals surface area (Å²) in [6, 6.07) is 30.8. The lowest BCUT2D eigenvalue weighted by atomic mass is 10.1. The molecule has 0 saturated carbocycles. The van der Waals surface area contributed by atoms with Gasteiger partial charge < -0.3 is 20.1 Å². The first kappa shape index (κ1) is 23.6. The summed E-state index contributed by atoms with van der Waals surface area (Å²) < 4.78 is 11.3. The molecular formula is C29H26N2O4. The van der Waals surface area contributed by atoms with E-state index in [4.69, 9.17) is 9.47 Å². The zero-order valence-corrected chi connectivity index (χ0v) is 19.4. The highest BCUT2D eigenvalue weighted by atomic mass is 16.5. The summed E-state index contributed by atoms with van der Waals surface area (Å²) in [5.74, 6) is 0.798. The third kappa shape index (κ3) is 6.95. The number of ether oxygens (including phenoxy) is 2. The maximum absolute atomic E-state index is 12.8. The van der Waals surface area contributed by atoms with Gasteiger partial charge in [-0.25, -0.2) is 0 Å². The summed E-state index contributed by atoms with van der Waals surface area (Å²) in [7, 11) is 0. The SMILES string of the molecule is Cc1cccc(NC(=O)c2cccc(NC(=O)c3cccc(OCCOc4ccccc4)c3)c2)c1. The van der Waals surface area contributed by atoms with Gasteiger partial charge in [0.1, 0.15) is 24.7 Å². The van der Waals surface area contributed by atoms with Crippen LogP contribution in [-0.2, 0) is 0 Å². The molecule has 0 aliphatic heterocycles. The molecule has 4 aromatic carbocycles. The van der Waals surface area contributed by atoms with Gasteiger partial charge >= 0.3 is 0 Å². The summed E-state index contributed by atoms with van der Waals surface area (Å²) in [5, 5.41) is 5.72. The van der Waals surface area contributed by atoms with Gasteiger partial charge in [-0.05, 0) is 73.2 Å². The molecule has 0 fully saturated rings. The normalized spacial score (nSPS) is 10.3. The first-order valence-corrected chi connectivity index (χ1v) is 11.3. The van der Waals surface area contributed by atoms with Gasteiger partial charge in [0.2, 0.25) is 0 Å². The van der Waals surface area contributed by atoms with E-state index in [1.807, 2.05) is 61.5 Å². The third-order valence-corrected chi connectivity index (χ3v) is 5.12. The van der Waals surface area contributed by atoms with Crippen LogP contribution in [0.25, 0.3) is 0 Å². The Morgan fingerprint density at radius 1 is 0.600 bits per heavy atom. The first-order valence-electron chi connectivity index (χ1n) is 11.3. The highest BCUT2D eigenvalue weighted by Gasteiger charge is 2.11. The minimum atomic E-state index is -0.299. The van der Waals surface area contributed by atoms with Crippen LogP contribution in [0.3, 0.4) is 0 Å². The van der Waals surface area contributed by atoms with Crippen LogP contribution in [-0.4, -0.2) is 25.0 Å². The van der Waals surface area contributed by atoms with E-state index in [-0.39, 0.29) is 11.8 Å². The number of rotatable bonds is 9. The maximum atomic E-state index is 12.8. The fourth-order valence-electron chi connectivity index (χ4n) is 3.43. The Balaban J connectivity index is 1.33. The Labute approximate surface area is 204 Å². The number of para-hydroxylation sites is 1. The molecule has 4 aromatic rings. The van der Waals surface area contributed by atoms with E-state index in [1.54, 1.807) is 48.5 Å². The fraction of sp³-hybridized carbons (Fsp3) is 0.103. The van der Waals surface area contributed by atoms with Gasteiger partial charge in [-0.1, -0.05) is 42.5 Å². The lowest BCUT2D eigenvalue weighted by Crippen LogP contribution is -2.15. The molecule has 35 heavy (non-hydrogen) atoms. The van der Waals surface area contributed by atoms with E-state index in [0.717, 1.165) is 17.0 Å². The van der Waals surface area contributed by atoms with Crippen LogP contribution in [0, 0.1) is 6.92 Å². The van der Waals surface area contributed by atoms with Gasteiger partial charge in [0.25, 0.3) is 11.8 Å². The number of amides is 2. The topological polar surface area (TPSA) is 76.7 Å². The fourth-order valence-corrected chi connectivity index (χ4v) is 3.43. The molecule has 0 aliphatic carbocycles. The van der Waals surface area contributed by atoms with E-state index in [0.29, 0.717) is 35.8 Å². The molecule has 0 radical (unpaired) electrons. The molecule has 0 unspecified atom stereocenters. The van der Waals surface area contributed by atoms with Gasteiger partial charge in [0.05, 0.1) is 0 Å². The van der Waals surface area contributed by atoms with E-state index in [9.17, 15) is 9.59 Å². The standard InChI is InChI=1S/C29H26N2O4/c1-21-8-5-11-24(18-21)30-28(32)22-9-6-12-25(19-22)31-29(33)23-10-7-15-27(20-23)35-17-16-34-26-13-3-2-4-14-26/h2-15,18-20H,16-17H2,1H3,(H,30,32)(H,31,33). The molecule has 2 amide bonds. The monoisotopic (exact) mass is 466 g/mol. The quantitative estimate of drug-likeness (QED) is 0.299. The second-order valence-electron chi connectivity index (χ2n) is 7.90. The van der Waals surface area contributed by atoms with Gasteiger partial charge in [-0.2, -0.15) is 0 Å². The lowest BCUT2D eigenvalue weighted by Gasteiger charge is -2.11. The molecule has 6 nitrogen and oxygen atoms in total. The molecule has 4 rings (SSSR count). The molecule has 0 spiro atoms. The second kappa shape index (κ2) is 11.5. The summed E-state index contributed by atoms with van der Waals surface area (Å²) in [4.78, 5) is 25.4. The number of hydrogen-bond acceptors (Lipinski definition) is 4. The number of benzene rings is 4. The van der Waals surface area contributed by atoms with Crippen LogP contribution < -0.4 is 20.1 Å². The number of carbonyl (C=O) groups excluding carboxylic acids is 2. The van der Waals surface area contributed by atoms with E-state index in [1.165, 1.54) is 0 Å². The summed E-state index contributed by atoms with van der Waals surface area (Å²) in [6.45, 7) is 2.69. The zero-order valence-electron chi connectivity index (χ0n) is 19.4. The molecule has 0 bridgehead atoms.